The van der Waals surface area contributed by atoms with E-state index in [0.29, 0.717) is 29.0 Å². The maximum Gasteiger partial charge on any atom is 0.266 e. The second-order valence-electron chi connectivity index (χ2n) is 8.48. The van der Waals surface area contributed by atoms with Crippen molar-refractivity contribution < 1.29 is 4.74 Å². The largest absolute Gasteiger partial charge is 0.493 e. The van der Waals surface area contributed by atoms with Crippen LogP contribution in [0.2, 0.25) is 0 Å². The number of aromatic amines is 1. The summed E-state index contributed by atoms with van der Waals surface area (Å²) in [6, 6.07) is 17.7. The summed E-state index contributed by atoms with van der Waals surface area (Å²) < 4.78 is 7.52. The Kier molecular flexibility index (Phi) is 5.87. The Hall–Kier alpha value is -3.06. The Morgan fingerprint density at radius 2 is 1.74 bits per heavy atom. The molecule has 0 aliphatic rings. The molecule has 0 aliphatic heterocycles. The van der Waals surface area contributed by atoms with Gasteiger partial charge in [0.1, 0.15) is 5.75 Å². The van der Waals surface area contributed by atoms with Gasteiger partial charge in [-0.1, -0.05) is 74.5 Å². The molecule has 0 spiro atoms. The second-order valence-corrected chi connectivity index (χ2v) is 9.54. The Bertz CT molecular complexity index is 1240. The van der Waals surface area contributed by atoms with E-state index >= 15 is 0 Å². The predicted molar refractivity (Wildman–Crippen MR) is 125 cm³/mol. The third kappa shape index (κ3) is 4.99. The van der Waals surface area contributed by atoms with Gasteiger partial charge in [-0.3, -0.25) is 9.89 Å². The standard InChI is InChI=1S/C24H26N4O2S/c1-16-5-7-17(8-6-16)22-25-20-15-21(29)27-28(20)23(26-22)31-14-13-30-19-11-9-18(10-12-19)24(2,3)4/h5-12,15H,13-14H2,1-4H3,(H,27,29). The number of hydrogen-bond donors (Lipinski definition) is 1. The van der Waals surface area contributed by atoms with Crippen molar-refractivity contribution in [3.63, 3.8) is 0 Å². The summed E-state index contributed by atoms with van der Waals surface area (Å²) in [5.74, 6) is 2.12. The minimum Gasteiger partial charge on any atom is -0.493 e. The van der Waals surface area contributed by atoms with Gasteiger partial charge in [-0.15, -0.1) is 0 Å². The third-order valence-electron chi connectivity index (χ3n) is 4.94. The van der Waals surface area contributed by atoms with Gasteiger partial charge in [-0.2, -0.15) is 0 Å². The summed E-state index contributed by atoms with van der Waals surface area (Å²) in [7, 11) is 0. The van der Waals surface area contributed by atoms with Crippen LogP contribution in [0.5, 0.6) is 5.75 Å². The molecule has 0 bridgehead atoms. The van der Waals surface area contributed by atoms with Gasteiger partial charge in [0.15, 0.2) is 16.6 Å². The normalized spacial score (nSPS) is 11.7. The molecule has 4 rings (SSSR count). The number of ether oxygens (including phenoxy) is 1. The number of hydrogen-bond acceptors (Lipinski definition) is 5. The van der Waals surface area contributed by atoms with E-state index in [1.165, 1.54) is 29.0 Å². The van der Waals surface area contributed by atoms with Crippen LogP contribution in [0.15, 0.2) is 64.5 Å². The minimum atomic E-state index is -0.201. The lowest BCUT2D eigenvalue weighted by molar-refractivity contribution is 0.343. The summed E-state index contributed by atoms with van der Waals surface area (Å²) in [5.41, 5.74) is 3.83. The fourth-order valence-electron chi connectivity index (χ4n) is 3.16. The molecule has 0 saturated heterocycles. The van der Waals surface area contributed by atoms with Crippen molar-refractivity contribution in [2.24, 2.45) is 0 Å². The maximum absolute atomic E-state index is 11.9. The van der Waals surface area contributed by atoms with Gasteiger partial charge in [0.05, 0.1) is 6.61 Å². The Balaban J connectivity index is 1.47. The predicted octanol–water partition coefficient (Wildman–Crippen LogP) is 4.86. The first-order valence-corrected chi connectivity index (χ1v) is 11.2. The Morgan fingerprint density at radius 1 is 1.03 bits per heavy atom. The SMILES string of the molecule is Cc1ccc(-c2nc(SCCOc3ccc(C(C)(C)C)cc3)n3[nH]c(=O)cc3n2)cc1. The van der Waals surface area contributed by atoms with E-state index in [1.807, 2.05) is 43.3 Å². The monoisotopic (exact) mass is 434 g/mol. The average Bonchev–Trinajstić information content (AvgIpc) is 3.11. The molecule has 0 unspecified atom stereocenters. The van der Waals surface area contributed by atoms with Gasteiger partial charge in [0, 0.05) is 17.4 Å². The zero-order valence-electron chi connectivity index (χ0n) is 18.2. The minimum absolute atomic E-state index is 0.121. The van der Waals surface area contributed by atoms with Crippen LogP contribution in [0.4, 0.5) is 0 Å². The maximum atomic E-state index is 11.9. The summed E-state index contributed by atoms with van der Waals surface area (Å²) in [6.45, 7) is 9.14. The fourth-order valence-corrected chi connectivity index (χ4v) is 3.92. The van der Waals surface area contributed by atoms with E-state index < -0.39 is 0 Å². The van der Waals surface area contributed by atoms with Crippen molar-refractivity contribution in [3.8, 4) is 17.1 Å². The number of H-pyrrole nitrogens is 1. The van der Waals surface area contributed by atoms with Crippen molar-refractivity contribution in [3.05, 3.63) is 76.1 Å². The highest BCUT2D eigenvalue weighted by Gasteiger charge is 2.14. The van der Waals surface area contributed by atoms with Gasteiger partial charge >= 0.3 is 0 Å². The lowest BCUT2D eigenvalue weighted by Crippen LogP contribution is -2.10. The van der Waals surface area contributed by atoms with Gasteiger partial charge in [-0.05, 0) is 30.0 Å². The molecule has 0 amide bonds. The molecule has 0 atom stereocenters. The van der Waals surface area contributed by atoms with Crippen molar-refractivity contribution in [2.75, 3.05) is 12.4 Å². The van der Waals surface area contributed by atoms with Crippen molar-refractivity contribution in [1.82, 2.24) is 19.6 Å². The highest BCUT2D eigenvalue weighted by Crippen LogP contribution is 2.25. The molecule has 4 aromatic rings. The third-order valence-corrected chi connectivity index (χ3v) is 5.84. The molecule has 6 nitrogen and oxygen atoms in total. The van der Waals surface area contributed by atoms with Crippen LogP contribution in [0.3, 0.4) is 0 Å². The van der Waals surface area contributed by atoms with Crippen LogP contribution in [0.1, 0.15) is 31.9 Å². The first-order valence-electron chi connectivity index (χ1n) is 10.2. The number of aromatic nitrogens is 4. The highest BCUT2D eigenvalue weighted by atomic mass is 32.2. The van der Waals surface area contributed by atoms with Crippen molar-refractivity contribution in [2.45, 2.75) is 38.3 Å². The zero-order chi connectivity index (χ0) is 22.0. The smallest absolute Gasteiger partial charge is 0.266 e. The number of fused-ring (bicyclic) bond motifs is 1. The first-order chi connectivity index (χ1) is 14.8. The molecule has 2 aromatic carbocycles. The molecule has 160 valence electrons. The average molecular weight is 435 g/mol. The quantitative estimate of drug-likeness (QED) is 0.347. The number of nitrogens with zero attached hydrogens (tertiary/aromatic N) is 3. The van der Waals surface area contributed by atoms with Crippen LogP contribution in [-0.2, 0) is 5.41 Å². The molecule has 2 aromatic heterocycles. The lowest BCUT2D eigenvalue weighted by atomic mass is 9.87. The van der Waals surface area contributed by atoms with Crippen LogP contribution in [0.25, 0.3) is 17.0 Å². The number of aryl methyl sites for hydroxylation is 1. The Labute approximate surface area is 185 Å². The molecular weight excluding hydrogens is 408 g/mol. The van der Waals surface area contributed by atoms with E-state index in [2.05, 4.69) is 48.0 Å². The highest BCUT2D eigenvalue weighted by molar-refractivity contribution is 7.99. The summed E-state index contributed by atoms with van der Waals surface area (Å²) in [5, 5.41) is 3.44. The molecule has 0 radical (unpaired) electrons. The van der Waals surface area contributed by atoms with E-state index in [9.17, 15) is 4.79 Å². The van der Waals surface area contributed by atoms with Crippen molar-refractivity contribution in [1.29, 1.82) is 0 Å². The van der Waals surface area contributed by atoms with Gasteiger partial charge in [0.2, 0.25) is 0 Å². The van der Waals surface area contributed by atoms with E-state index in [0.717, 1.165) is 11.3 Å². The summed E-state index contributed by atoms with van der Waals surface area (Å²) in [6.07, 6.45) is 0. The molecular formula is C24H26N4O2S. The van der Waals surface area contributed by atoms with Crippen LogP contribution >= 0.6 is 11.8 Å². The van der Waals surface area contributed by atoms with Gasteiger partial charge in [0.25, 0.3) is 5.56 Å². The number of benzene rings is 2. The number of rotatable bonds is 6. The zero-order valence-corrected chi connectivity index (χ0v) is 19.0. The second kappa shape index (κ2) is 8.59. The molecule has 2 heterocycles. The van der Waals surface area contributed by atoms with Gasteiger partial charge in [-0.25, -0.2) is 14.5 Å². The summed E-state index contributed by atoms with van der Waals surface area (Å²) in [4.78, 5) is 21.1. The van der Waals surface area contributed by atoms with E-state index in [-0.39, 0.29) is 11.0 Å². The Morgan fingerprint density at radius 3 is 2.42 bits per heavy atom. The fraction of sp³-hybridized carbons (Fsp3) is 0.292. The molecule has 0 saturated carbocycles. The van der Waals surface area contributed by atoms with E-state index in [4.69, 9.17) is 4.74 Å². The molecule has 1 N–H and O–H groups in total. The first kappa shape index (κ1) is 21.2. The molecule has 0 aliphatic carbocycles. The number of thioether (sulfide) groups is 1. The molecule has 7 heteroatoms. The van der Waals surface area contributed by atoms with Crippen LogP contribution in [-0.4, -0.2) is 31.9 Å². The van der Waals surface area contributed by atoms with Crippen LogP contribution < -0.4 is 10.3 Å². The van der Waals surface area contributed by atoms with Crippen LogP contribution in [0, 0.1) is 6.92 Å². The topological polar surface area (TPSA) is 72.3 Å². The van der Waals surface area contributed by atoms with Gasteiger partial charge < -0.3 is 4.74 Å². The van der Waals surface area contributed by atoms with E-state index in [1.54, 1.807) is 4.52 Å². The molecule has 31 heavy (non-hydrogen) atoms. The number of nitrogens with one attached hydrogen (secondary N) is 1. The summed E-state index contributed by atoms with van der Waals surface area (Å²) >= 11 is 1.52. The molecule has 0 fully saturated rings. The van der Waals surface area contributed by atoms with Crippen molar-refractivity contribution >= 4 is 17.4 Å². The lowest BCUT2D eigenvalue weighted by Gasteiger charge is -2.19.